The summed E-state index contributed by atoms with van der Waals surface area (Å²) in [5, 5.41) is 8.53. The van der Waals surface area contributed by atoms with E-state index in [1.54, 1.807) is 6.08 Å². The summed E-state index contributed by atoms with van der Waals surface area (Å²) in [7, 11) is 0. The molecule has 0 unspecified atom stereocenters. The maximum atomic E-state index is 11.2. The Morgan fingerprint density at radius 2 is 1.29 bits per heavy atom. The maximum Gasteiger partial charge on any atom is 0.178 e. The van der Waals surface area contributed by atoms with Gasteiger partial charge in [-0.05, 0) is 50.7 Å². The Morgan fingerprint density at radius 1 is 0.762 bits per heavy atom. The lowest BCUT2D eigenvalue weighted by Crippen LogP contribution is -1.86. The molecule has 21 heavy (non-hydrogen) atoms. The molecule has 0 spiro atoms. The lowest BCUT2D eigenvalue weighted by Gasteiger charge is -1.96. The molecule has 0 aliphatic heterocycles. The van der Waals surface area contributed by atoms with Crippen LogP contribution in [0.4, 0.5) is 0 Å². The lowest BCUT2D eigenvalue weighted by molar-refractivity contribution is -0.110. The highest BCUT2D eigenvalue weighted by Gasteiger charge is 1.89. The first-order valence-electron chi connectivity index (χ1n) is 8.44. The molecular formula is C19H32O2. The molecule has 0 aliphatic rings. The van der Waals surface area contributed by atoms with E-state index < -0.39 is 0 Å². The molecule has 2 heteroatoms. The average Bonchev–Trinajstić information content (AvgIpc) is 2.49. The number of hydrogen-bond donors (Lipinski definition) is 1. The summed E-state index contributed by atoms with van der Waals surface area (Å²) in [6, 6.07) is 0. The minimum atomic E-state index is -0.0777. The fraction of sp³-hybridized carbons (Fsp3) is 0.632. The van der Waals surface area contributed by atoms with Crippen molar-refractivity contribution in [3.63, 3.8) is 0 Å². The molecule has 0 aromatic carbocycles. The molecule has 0 atom stereocenters. The van der Waals surface area contributed by atoms with Gasteiger partial charge in [0.1, 0.15) is 0 Å². The molecule has 0 bridgehead atoms. The van der Waals surface area contributed by atoms with Gasteiger partial charge >= 0.3 is 0 Å². The van der Waals surface area contributed by atoms with E-state index in [4.69, 9.17) is 5.11 Å². The lowest BCUT2D eigenvalue weighted by atomic mass is 10.1. The summed E-state index contributed by atoms with van der Waals surface area (Å²) in [5.74, 6) is -0.0462. The molecule has 0 amide bonds. The highest BCUT2D eigenvalue weighted by molar-refractivity contribution is 5.99. The second-order valence-electron chi connectivity index (χ2n) is 5.35. The standard InChI is InChI=1S/C19H32O2/c1-2-3-4-5-6-7-8-9-10-11-12-13-14-16-19(21)17-15-18-20/h7-8,14-17,20H,2-6,9-13,18H2,1H3. The van der Waals surface area contributed by atoms with Crippen molar-refractivity contribution in [1.82, 2.24) is 0 Å². The topological polar surface area (TPSA) is 37.3 Å². The van der Waals surface area contributed by atoms with Crippen LogP contribution in [0.1, 0.15) is 71.1 Å². The number of hydrogen-bond acceptors (Lipinski definition) is 2. The van der Waals surface area contributed by atoms with Gasteiger partial charge in [0.25, 0.3) is 0 Å². The zero-order valence-corrected chi connectivity index (χ0v) is 13.6. The zero-order chi connectivity index (χ0) is 15.6. The maximum absolute atomic E-state index is 11.2. The van der Waals surface area contributed by atoms with Crippen LogP contribution in [0.15, 0.2) is 36.5 Å². The van der Waals surface area contributed by atoms with Crippen LogP contribution in [0.2, 0.25) is 0 Å². The quantitative estimate of drug-likeness (QED) is 0.273. The number of unbranched alkanes of at least 4 members (excludes halogenated alkanes) is 8. The van der Waals surface area contributed by atoms with Gasteiger partial charge in [0.15, 0.2) is 5.78 Å². The molecule has 0 fully saturated rings. The Kier molecular flexibility index (Phi) is 16.0. The number of ketones is 1. The largest absolute Gasteiger partial charge is 0.392 e. The average molecular weight is 292 g/mol. The second kappa shape index (κ2) is 16.9. The van der Waals surface area contributed by atoms with Gasteiger partial charge in [-0.25, -0.2) is 0 Å². The summed E-state index contributed by atoms with van der Waals surface area (Å²) in [6.07, 6.45) is 23.3. The van der Waals surface area contributed by atoms with Crippen molar-refractivity contribution in [3.05, 3.63) is 36.5 Å². The summed E-state index contributed by atoms with van der Waals surface area (Å²) in [5.41, 5.74) is 0. The molecule has 0 saturated heterocycles. The van der Waals surface area contributed by atoms with Crippen LogP contribution >= 0.6 is 0 Å². The smallest absolute Gasteiger partial charge is 0.178 e. The van der Waals surface area contributed by atoms with Gasteiger partial charge in [-0.15, -0.1) is 0 Å². The Bertz CT molecular complexity index is 314. The van der Waals surface area contributed by atoms with Gasteiger partial charge < -0.3 is 5.11 Å². The van der Waals surface area contributed by atoms with Gasteiger partial charge in [0.2, 0.25) is 0 Å². The predicted molar refractivity (Wildman–Crippen MR) is 91.4 cm³/mol. The number of carbonyl (C=O) groups is 1. The van der Waals surface area contributed by atoms with Crippen LogP contribution in [-0.2, 0) is 4.79 Å². The van der Waals surface area contributed by atoms with E-state index in [9.17, 15) is 4.79 Å². The molecular weight excluding hydrogens is 260 g/mol. The molecule has 0 heterocycles. The van der Waals surface area contributed by atoms with Gasteiger partial charge in [0, 0.05) is 0 Å². The van der Waals surface area contributed by atoms with Crippen molar-refractivity contribution in [2.45, 2.75) is 71.1 Å². The van der Waals surface area contributed by atoms with E-state index in [1.165, 1.54) is 63.5 Å². The highest BCUT2D eigenvalue weighted by atomic mass is 16.2. The first-order valence-corrected chi connectivity index (χ1v) is 8.44. The van der Waals surface area contributed by atoms with Crippen molar-refractivity contribution in [2.24, 2.45) is 0 Å². The van der Waals surface area contributed by atoms with Crippen LogP contribution in [0.3, 0.4) is 0 Å². The Balaban J connectivity index is 3.32. The van der Waals surface area contributed by atoms with Crippen LogP contribution in [-0.4, -0.2) is 17.5 Å². The third-order valence-electron chi connectivity index (χ3n) is 3.30. The monoisotopic (exact) mass is 292 g/mol. The minimum Gasteiger partial charge on any atom is -0.392 e. The second-order valence-corrected chi connectivity index (χ2v) is 5.35. The van der Waals surface area contributed by atoms with Crippen molar-refractivity contribution in [3.8, 4) is 0 Å². The Labute approximate surface area is 130 Å². The van der Waals surface area contributed by atoms with Crippen molar-refractivity contribution in [2.75, 3.05) is 6.61 Å². The Hall–Kier alpha value is -1.15. The number of carbonyl (C=O) groups excluding carboxylic acids is 1. The number of rotatable bonds is 14. The van der Waals surface area contributed by atoms with Crippen LogP contribution in [0.25, 0.3) is 0 Å². The summed E-state index contributed by atoms with van der Waals surface area (Å²) >= 11 is 0. The fourth-order valence-corrected chi connectivity index (χ4v) is 2.05. The van der Waals surface area contributed by atoms with Crippen molar-refractivity contribution >= 4 is 5.78 Å². The Morgan fingerprint density at radius 3 is 1.86 bits per heavy atom. The van der Waals surface area contributed by atoms with E-state index >= 15 is 0 Å². The first-order chi connectivity index (χ1) is 10.3. The molecule has 0 aromatic heterocycles. The number of aliphatic hydroxyl groups is 1. The first kappa shape index (κ1) is 19.9. The number of allylic oxidation sites excluding steroid dienone is 5. The van der Waals surface area contributed by atoms with E-state index in [0.29, 0.717) is 0 Å². The molecule has 120 valence electrons. The van der Waals surface area contributed by atoms with Crippen LogP contribution in [0.5, 0.6) is 0 Å². The molecule has 2 nitrogen and oxygen atoms in total. The highest BCUT2D eigenvalue weighted by Crippen LogP contribution is 2.06. The fourth-order valence-electron chi connectivity index (χ4n) is 2.05. The van der Waals surface area contributed by atoms with Gasteiger partial charge in [0.05, 0.1) is 6.61 Å². The number of aliphatic hydroxyl groups excluding tert-OH is 1. The van der Waals surface area contributed by atoms with Gasteiger partial charge in [-0.1, -0.05) is 56.9 Å². The van der Waals surface area contributed by atoms with Gasteiger partial charge in [-0.2, -0.15) is 0 Å². The molecule has 0 saturated carbocycles. The predicted octanol–water partition coefficient (Wildman–Crippen LogP) is 5.14. The van der Waals surface area contributed by atoms with E-state index in [-0.39, 0.29) is 12.4 Å². The third kappa shape index (κ3) is 16.8. The third-order valence-corrected chi connectivity index (χ3v) is 3.30. The minimum absolute atomic E-state index is 0.0462. The zero-order valence-electron chi connectivity index (χ0n) is 13.6. The summed E-state index contributed by atoms with van der Waals surface area (Å²) < 4.78 is 0. The summed E-state index contributed by atoms with van der Waals surface area (Å²) in [4.78, 5) is 11.2. The SMILES string of the molecule is CCCCCCC=CCCCCCC=CC(=O)C=CCO. The normalized spacial score (nSPS) is 12.1. The van der Waals surface area contributed by atoms with Gasteiger partial charge in [-0.3, -0.25) is 4.79 Å². The summed E-state index contributed by atoms with van der Waals surface area (Å²) in [6.45, 7) is 2.17. The van der Waals surface area contributed by atoms with Crippen LogP contribution in [0, 0.1) is 0 Å². The van der Waals surface area contributed by atoms with Crippen molar-refractivity contribution < 1.29 is 9.90 Å². The molecule has 0 radical (unpaired) electrons. The molecule has 0 aromatic rings. The molecule has 1 N–H and O–H groups in total. The van der Waals surface area contributed by atoms with E-state index in [2.05, 4.69) is 19.1 Å². The van der Waals surface area contributed by atoms with E-state index in [0.717, 1.165) is 12.8 Å². The molecule has 0 rings (SSSR count). The van der Waals surface area contributed by atoms with Crippen LogP contribution < -0.4 is 0 Å². The van der Waals surface area contributed by atoms with Crippen molar-refractivity contribution in [1.29, 1.82) is 0 Å². The van der Waals surface area contributed by atoms with E-state index in [1.807, 2.05) is 6.08 Å². The molecule has 0 aliphatic carbocycles.